The van der Waals surface area contributed by atoms with Gasteiger partial charge < -0.3 is 15.2 Å². The molecule has 0 saturated carbocycles. The predicted octanol–water partition coefficient (Wildman–Crippen LogP) is 4.43. The number of nitrogen functional groups attached to an aromatic ring is 1. The van der Waals surface area contributed by atoms with Crippen LogP contribution in [0.3, 0.4) is 0 Å². The predicted molar refractivity (Wildman–Crippen MR) is 88.1 cm³/mol. The van der Waals surface area contributed by atoms with Gasteiger partial charge in [-0.3, -0.25) is 0 Å². The molecular formula is C19H19NO2. The molecule has 3 heteroatoms. The molecule has 112 valence electrons. The summed E-state index contributed by atoms with van der Waals surface area (Å²) < 4.78 is 11.9. The molecular weight excluding hydrogens is 274 g/mol. The molecule has 0 spiro atoms. The van der Waals surface area contributed by atoms with E-state index in [1.807, 2.05) is 48.5 Å². The van der Waals surface area contributed by atoms with Gasteiger partial charge in [0.2, 0.25) is 0 Å². The molecule has 0 atom stereocenters. The third kappa shape index (κ3) is 3.50. The normalized spacial score (nSPS) is 14.0. The van der Waals surface area contributed by atoms with Gasteiger partial charge in [0.05, 0.1) is 5.69 Å². The van der Waals surface area contributed by atoms with Crippen LogP contribution < -0.4 is 10.5 Å². The van der Waals surface area contributed by atoms with Gasteiger partial charge in [-0.15, -0.1) is 0 Å². The quantitative estimate of drug-likeness (QED) is 0.830. The first-order valence-corrected chi connectivity index (χ1v) is 7.42. The molecule has 1 aliphatic carbocycles. The molecule has 1 aliphatic rings. The molecule has 3 nitrogen and oxygen atoms in total. The van der Waals surface area contributed by atoms with Crippen LogP contribution in [0.25, 0.3) is 0 Å². The smallest absolute Gasteiger partial charge is 0.164 e. The van der Waals surface area contributed by atoms with E-state index in [0.29, 0.717) is 18.0 Å². The zero-order valence-electron chi connectivity index (χ0n) is 12.4. The van der Waals surface area contributed by atoms with Gasteiger partial charge in [0.1, 0.15) is 18.1 Å². The zero-order valence-corrected chi connectivity index (χ0v) is 12.4. The van der Waals surface area contributed by atoms with Crippen molar-refractivity contribution in [3.63, 3.8) is 0 Å². The largest absolute Gasteiger partial charge is 0.489 e. The number of nitrogens with two attached hydrogens (primary N) is 1. The van der Waals surface area contributed by atoms with E-state index < -0.39 is 0 Å². The highest BCUT2D eigenvalue weighted by atomic mass is 16.5. The van der Waals surface area contributed by atoms with Gasteiger partial charge in [0.15, 0.2) is 5.76 Å². The van der Waals surface area contributed by atoms with Gasteiger partial charge >= 0.3 is 0 Å². The van der Waals surface area contributed by atoms with Crippen molar-refractivity contribution in [1.82, 2.24) is 0 Å². The van der Waals surface area contributed by atoms with Gasteiger partial charge in [-0.25, -0.2) is 0 Å². The molecule has 0 unspecified atom stereocenters. The van der Waals surface area contributed by atoms with Crippen molar-refractivity contribution in [3.05, 3.63) is 83.8 Å². The summed E-state index contributed by atoms with van der Waals surface area (Å²) in [6.07, 6.45) is 5.84. The van der Waals surface area contributed by atoms with Crippen LogP contribution in [0.15, 0.2) is 78.3 Å². The number of para-hydroxylation sites is 2. The second kappa shape index (κ2) is 6.85. The van der Waals surface area contributed by atoms with E-state index in [2.05, 4.69) is 18.2 Å². The molecule has 2 aromatic carbocycles. The van der Waals surface area contributed by atoms with E-state index >= 15 is 0 Å². The molecule has 3 rings (SSSR count). The van der Waals surface area contributed by atoms with Crippen LogP contribution in [0.1, 0.15) is 18.4 Å². The van der Waals surface area contributed by atoms with Crippen molar-refractivity contribution in [2.75, 3.05) is 5.73 Å². The number of rotatable bonds is 5. The Kier molecular flexibility index (Phi) is 4.44. The maximum absolute atomic E-state index is 5.96. The van der Waals surface area contributed by atoms with Crippen molar-refractivity contribution >= 4 is 5.69 Å². The lowest BCUT2D eigenvalue weighted by Gasteiger charge is -2.18. The van der Waals surface area contributed by atoms with E-state index in [-0.39, 0.29) is 0 Å². The van der Waals surface area contributed by atoms with Crippen LogP contribution >= 0.6 is 0 Å². The maximum atomic E-state index is 5.96. The molecule has 0 radical (unpaired) electrons. The molecule has 0 aliphatic heterocycles. The summed E-state index contributed by atoms with van der Waals surface area (Å²) in [4.78, 5) is 0. The first kappa shape index (κ1) is 14.3. The Labute approximate surface area is 130 Å². The summed E-state index contributed by atoms with van der Waals surface area (Å²) in [5, 5.41) is 0. The van der Waals surface area contributed by atoms with Crippen LogP contribution in [0.5, 0.6) is 5.75 Å². The first-order chi connectivity index (χ1) is 10.8. The fraction of sp³-hybridized carbons (Fsp3) is 0.158. The Balaban J connectivity index is 1.75. The highest BCUT2D eigenvalue weighted by Crippen LogP contribution is 2.28. The van der Waals surface area contributed by atoms with Gasteiger partial charge in [-0.05, 0) is 30.2 Å². The Morgan fingerprint density at radius 2 is 1.73 bits per heavy atom. The monoisotopic (exact) mass is 293 g/mol. The highest BCUT2D eigenvalue weighted by molar-refractivity contribution is 5.53. The summed E-state index contributed by atoms with van der Waals surface area (Å²) in [6.45, 7) is 0.543. The lowest BCUT2D eigenvalue weighted by atomic mass is 10.1. The standard InChI is InChI=1S/C19H19NO2/c20-16-10-4-5-11-17(16)22-19-13-7-6-12-18(19)21-14-15-8-2-1-3-9-15/h1-5,7-11,13H,6,12,14,20H2. The lowest BCUT2D eigenvalue weighted by molar-refractivity contribution is 0.173. The third-order valence-corrected chi connectivity index (χ3v) is 3.48. The SMILES string of the molecule is Nc1ccccc1OC1=C(OCc2ccccc2)CCC=C1. The van der Waals surface area contributed by atoms with Crippen LogP contribution in [0.4, 0.5) is 5.69 Å². The average molecular weight is 293 g/mol. The molecule has 0 bridgehead atoms. The number of allylic oxidation sites excluding steroid dienone is 3. The van der Waals surface area contributed by atoms with E-state index in [4.69, 9.17) is 15.2 Å². The summed E-state index contributed by atoms with van der Waals surface area (Å²) in [5.74, 6) is 2.26. The molecule has 0 fully saturated rings. The molecule has 0 saturated heterocycles. The summed E-state index contributed by atoms with van der Waals surface area (Å²) in [7, 11) is 0. The number of hydrogen-bond acceptors (Lipinski definition) is 3. The minimum Gasteiger partial charge on any atom is -0.489 e. The number of anilines is 1. The topological polar surface area (TPSA) is 44.5 Å². The van der Waals surface area contributed by atoms with Crippen molar-refractivity contribution in [2.45, 2.75) is 19.4 Å². The zero-order chi connectivity index (χ0) is 15.2. The van der Waals surface area contributed by atoms with E-state index in [1.165, 1.54) is 0 Å². The number of ether oxygens (including phenoxy) is 2. The van der Waals surface area contributed by atoms with Crippen molar-refractivity contribution in [2.24, 2.45) is 0 Å². The first-order valence-electron chi connectivity index (χ1n) is 7.42. The maximum Gasteiger partial charge on any atom is 0.164 e. The Morgan fingerprint density at radius 1 is 0.955 bits per heavy atom. The van der Waals surface area contributed by atoms with Crippen LogP contribution in [-0.2, 0) is 11.3 Å². The fourth-order valence-corrected chi connectivity index (χ4v) is 2.29. The Morgan fingerprint density at radius 3 is 2.55 bits per heavy atom. The van der Waals surface area contributed by atoms with Gasteiger partial charge in [-0.1, -0.05) is 48.5 Å². The minimum atomic E-state index is 0.543. The molecule has 0 aromatic heterocycles. The van der Waals surface area contributed by atoms with Crippen LogP contribution in [0, 0.1) is 0 Å². The highest BCUT2D eigenvalue weighted by Gasteiger charge is 2.13. The summed E-state index contributed by atoms with van der Waals surface area (Å²) >= 11 is 0. The van der Waals surface area contributed by atoms with Crippen molar-refractivity contribution in [3.8, 4) is 5.75 Å². The Bertz CT molecular complexity index is 690. The number of hydrogen-bond donors (Lipinski definition) is 1. The third-order valence-electron chi connectivity index (χ3n) is 3.48. The van der Waals surface area contributed by atoms with Crippen LogP contribution in [0.2, 0.25) is 0 Å². The molecule has 2 N–H and O–H groups in total. The second-order valence-electron chi connectivity index (χ2n) is 5.14. The van der Waals surface area contributed by atoms with Gasteiger partial charge in [-0.2, -0.15) is 0 Å². The van der Waals surface area contributed by atoms with Gasteiger partial charge in [0.25, 0.3) is 0 Å². The summed E-state index contributed by atoms with van der Waals surface area (Å²) in [6, 6.07) is 17.6. The van der Waals surface area contributed by atoms with Crippen molar-refractivity contribution < 1.29 is 9.47 Å². The average Bonchev–Trinajstić information content (AvgIpc) is 2.57. The summed E-state index contributed by atoms with van der Waals surface area (Å²) in [5.41, 5.74) is 7.70. The fourth-order valence-electron chi connectivity index (χ4n) is 2.29. The second-order valence-corrected chi connectivity index (χ2v) is 5.14. The molecule has 0 heterocycles. The molecule has 2 aromatic rings. The minimum absolute atomic E-state index is 0.543. The van der Waals surface area contributed by atoms with Crippen molar-refractivity contribution in [1.29, 1.82) is 0 Å². The number of benzene rings is 2. The Hall–Kier alpha value is -2.68. The van der Waals surface area contributed by atoms with E-state index in [1.54, 1.807) is 0 Å². The van der Waals surface area contributed by atoms with E-state index in [9.17, 15) is 0 Å². The molecule has 0 amide bonds. The van der Waals surface area contributed by atoms with E-state index in [0.717, 1.165) is 29.9 Å². The lowest BCUT2D eigenvalue weighted by Crippen LogP contribution is -2.06. The molecule has 22 heavy (non-hydrogen) atoms. The van der Waals surface area contributed by atoms with Gasteiger partial charge in [0, 0.05) is 6.42 Å². The van der Waals surface area contributed by atoms with Crippen LogP contribution in [-0.4, -0.2) is 0 Å².